The van der Waals surface area contributed by atoms with Crippen LogP contribution in [0.25, 0.3) is 6.08 Å². The normalized spacial score (nSPS) is 10.4. The second kappa shape index (κ2) is 3.61. The van der Waals surface area contributed by atoms with Gasteiger partial charge in [-0.3, -0.25) is 15.1 Å². The summed E-state index contributed by atoms with van der Waals surface area (Å²) in [6.07, 6.45) is 3.90. The van der Waals surface area contributed by atoms with Crippen molar-refractivity contribution in [2.24, 2.45) is 0 Å². The maximum absolute atomic E-state index is 9.93. The molecule has 0 spiro atoms. The average Bonchev–Trinajstić information content (AvgIpc) is 2.03. The number of aryl methyl sites for hydroxylation is 1. The highest BCUT2D eigenvalue weighted by Crippen LogP contribution is 1.99. The van der Waals surface area contributed by atoms with Gasteiger partial charge in [0.2, 0.25) is 6.20 Å². The fourth-order valence-electron chi connectivity index (χ4n) is 0.715. The van der Waals surface area contributed by atoms with Gasteiger partial charge in [0.25, 0.3) is 0 Å². The first-order chi connectivity index (χ1) is 5.68. The van der Waals surface area contributed by atoms with Crippen LogP contribution in [-0.2, 0) is 0 Å². The topological polar surface area (TPSA) is 56.0 Å². The van der Waals surface area contributed by atoms with Crippen molar-refractivity contribution in [3.63, 3.8) is 0 Å². The van der Waals surface area contributed by atoms with E-state index in [0.717, 1.165) is 11.8 Å². The Balaban J connectivity index is 2.77. The van der Waals surface area contributed by atoms with Crippen molar-refractivity contribution >= 4 is 6.08 Å². The van der Waals surface area contributed by atoms with Crippen LogP contribution in [-0.4, -0.2) is 9.91 Å². The number of pyridine rings is 1. The minimum Gasteiger partial charge on any atom is -0.259 e. The molecule has 0 atom stereocenters. The van der Waals surface area contributed by atoms with Gasteiger partial charge in [0.15, 0.2) is 0 Å². The molecule has 0 aliphatic heterocycles. The van der Waals surface area contributed by atoms with Gasteiger partial charge in [0.05, 0.1) is 10.6 Å². The molecule has 0 aromatic carbocycles. The third-order valence-corrected chi connectivity index (χ3v) is 1.30. The number of nitrogens with zero attached hydrogens (tertiary/aromatic N) is 2. The predicted octanol–water partition coefficient (Wildman–Crippen LogP) is 1.64. The molecule has 0 N–H and O–H groups in total. The van der Waals surface area contributed by atoms with E-state index in [1.807, 2.05) is 13.0 Å². The molecule has 4 heteroatoms. The summed E-state index contributed by atoms with van der Waals surface area (Å²) >= 11 is 0. The predicted molar refractivity (Wildman–Crippen MR) is 45.0 cm³/mol. The molecule has 0 saturated heterocycles. The van der Waals surface area contributed by atoms with E-state index >= 15 is 0 Å². The van der Waals surface area contributed by atoms with Crippen LogP contribution in [0.1, 0.15) is 11.3 Å². The van der Waals surface area contributed by atoms with Crippen molar-refractivity contribution in [3.8, 4) is 0 Å². The van der Waals surface area contributed by atoms with Gasteiger partial charge < -0.3 is 0 Å². The maximum Gasteiger partial charge on any atom is 0.236 e. The number of nitro groups is 1. The van der Waals surface area contributed by atoms with E-state index in [1.54, 1.807) is 12.3 Å². The summed E-state index contributed by atoms with van der Waals surface area (Å²) in [5, 5.41) is 9.93. The average molecular weight is 164 g/mol. The van der Waals surface area contributed by atoms with E-state index < -0.39 is 4.92 Å². The van der Waals surface area contributed by atoms with Crippen LogP contribution < -0.4 is 0 Å². The van der Waals surface area contributed by atoms with Crippen LogP contribution in [0.15, 0.2) is 24.5 Å². The first-order valence-corrected chi connectivity index (χ1v) is 3.43. The molecule has 0 bridgehead atoms. The van der Waals surface area contributed by atoms with Crippen molar-refractivity contribution in [3.05, 3.63) is 45.9 Å². The van der Waals surface area contributed by atoms with Gasteiger partial charge in [-0.25, -0.2) is 0 Å². The van der Waals surface area contributed by atoms with Gasteiger partial charge in [-0.1, -0.05) is 6.07 Å². The molecule has 0 fully saturated rings. The zero-order valence-corrected chi connectivity index (χ0v) is 6.60. The molecule has 1 heterocycles. The molecule has 1 rings (SSSR count). The molecular weight excluding hydrogens is 156 g/mol. The summed E-state index contributed by atoms with van der Waals surface area (Å²) < 4.78 is 0. The van der Waals surface area contributed by atoms with Crippen LogP contribution in [0, 0.1) is 17.0 Å². The fraction of sp³-hybridized carbons (Fsp3) is 0.125. The lowest BCUT2D eigenvalue weighted by Crippen LogP contribution is -1.85. The summed E-state index contributed by atoms with van der Waals surface area (Å²) in [6, 6.07) is 3.59. The minimum atomic E-state index is -0.512. The van der Waals surface area contributed by atoms with E-state index in [9.17, 15) is 10.1 Å². The lowest BCUT2D eigenvalue weighted by molar-refractivity contribution is -0.401. The molecular formula is C8H8N2O2. The van der Waals surface area contributed by atoms with Crippen LogP contribution in [0.2, 0.25) is 0 Å². The first-order valence-electron chi connectivity index (χ1n) is 3.43. The summed E-state index contributed by atoms with van der Waals surface area (Å²) in [5.41, 5.74) is 1.63. The molecule has 0 unspecified atom stereocenters. The largest absolute Gasteiger partial charge is 0.259 e. The zero-order chi connectivity index (χ0) is 8.97. The maximum atomic E-state index is 9.93. The molecule has 62 valence electrons. The minimum absolute atomic E-state index is 0.512. The van der Waals surface area contributed by atoms with E-state index in [2.05, 4.69) is 4.98 Å². The van der Waals surface area contributed by atoms with Crippen LogP contribution in [0.3, 0.4) is 0 Å². The SMILES string of the molecule is Cc1ccc(/C=C/[N+](=O)[O-])nc1. The smallest absolute Gasteiger partial charge is 0.236 e. The molecule has 0 amide bonds. The van der Waals surface area contributed by atoms with Gasteiger partial charge in [0.1, 0.15) is 0 Å². The monoisotopic (exact) mass is 164 g/mol. The fourth-order valence-corrected chi connectivity index (χ4v) is 0.715. The second-order valence-electron chi connectivity index (χ2n) is 2.36. The Kier molecular flexibility index (Phi) is 2.53. The Hall–Kier alpha value is -1.71. The summed E-state index contributed by atoms with van der Waals surface area (Å²) in [7, 11) is 0. The Labute approximate surface area is 69.7 Å². The highest BCUT2D eigenvalue weighted by Gasteiger charge is 1.90. The van der Waals surface area contributed by atoms with Gasteiger partial charge in [-0.15, -0.1) is 0 Å². The molecule has 12 heavy (non-hydrogen) atoms. The molecule has 0 aliphatic carbocycles. The summed E-state index contributed by atoms with van der Waals surface area (Å²) in [4.78, 5) is 13.4. The van der Waals surface area contributed by atoms with Crippen LogP contribution in [0.4, 0.5) is 0 Å². The second-order valence-corrected chi connectivity index (χ2v) is 2.36. The molecule has 1 aromatic heterocycles. The number of aromatic nitrogens is 1. The zero-order valence-electron chi connectivity index (χ0n) is 6.60. The molecule has 4 nitrogen and oxygen atoms in total. The van der Waals surface area contributed by atoms with E-state index in [1.165, 1.54) is 6.08 Å². The van der Waals surface area contributed by atoms with E-state index in [4.69, 9.17) is 0 Å². The molecule has 0 saturated carbocycles. The number of hydrogen-bond donors (Lipinski definition) is 0. The lowest BCUT2D eigenvalue weighted by atomic mass is 10.3. The summed E-state index contributed by atoms with van der Waals surface area (Å²) in [6.45, 7) is 1.91. The molecule has 0 radical (unpaired) electrons. The third-order valence-electron chi connectivity index (χ3n) is 1.30. The standard InChI is InChI=1S/C8H8N2O2/c1-7-2-3-8(9-6-7)4-5-10(11)12/h2-6H,1H3/b5-4+. The Morgan fingerprint density at radius 1 is 1.58 bits per heavy atom. The van der Waals surface area contributed by atoms with Crippen molar-refractivity contribution < 1.29 is 4.92 Å². The molecule has 1 aromatic rings. The van der Waals surface area contributed by atoms with Gasteiger partial charge in [0, 0.05) is 12.3 Å². The first kappa shape index (κ1) is 8.39. The van der Waals surface area contributed by atoms with Crippen LogP contribution in [0.5, 0.6) is 0 Å². The highest BCUT2D eigenvalue weighted by molar-refractivity contribution is 5.42. The Morgan fingerprint density at radius 3 is 2.83 bits per heavy atom. The third kappa shape index (κ3) is 2.49. The summed E-state index contributed by atoms with van der Waals surface area (Å²) in [5.74, 6) is 0. The number of rotatable bonds is 2. The van der Waals surface area contributed by atoms with Crippen molar-refractivity contribution in [1.82, 2.24) is 4.98 Å². The van der Waals surface area contributed by atoms with Crippen molar-refractivity contribution in [2.45, 2.75) is 6.92 Å². The van der Waals surface area contributed by atoms with E-state index in [-0.39, 0.29) is 0 Å². The van der Waals surface area contributed by atoms with Crippen LogP contribution >= 0.6 is 0 Å². The number of hydrogen-bond acceptors (Lipinski definition) is 3. The van der Waals surface area contributed by atoms with Gasteiger partial charge >= 0.3 is 0 Å². The Morgan fingerprint density at radius 2 is 2.33 bits per heavy atom. The highest BCUT2D eigenvalue weighted by atomic mass is 16.6. The van der Waals surface area contributed by atoms with Gasteiger partial charge in [-0.05, 0) is 18.6 Å². The van der Waals surface area contributed by atoms with Gasteiger partial charge in [-0.2, -0.15) is 0 Å². The lowest BCUT2D eigenvalue weighted by Gasteiger charge is -1.91. The van der Waals surface area contributed by atoms with E-state index in [0.29, 0.717) is 5.69 Å². The molecule has 0 aliphatic rings. The van der Waals surface area contributed by atoms with Crippen molar-refractivity contribution in [1.29, 1.82) is 0 Å². The van der Waals surface area contributed by atoms with Crippen molar-refractivity contribution in [2.75, 3.05) is 0 Å². The quantitative estimate of drug-likeness (QED) is 0.493. The Bertz CT molecular complexity index is 303.